The molecule has 1 aliphatic carbocycles. The number of amides is 1. The fourth-order valence-corrected chi connectivity index (χ4v) is 4.20. The molecule has 2 rings (SSSR count). The number of carbonyl (C=O) groups excluding carboxylic acids is 1. The largest absolute Gasteiger partial charge is 0.347 e. The summed E-state index contributed by atoms with van der Waals surface area (Å²) in [6.07, 6.45) is 2.15. The van der Waals surface area contributed by atoms with E-state index in [0.29, 0.717) is 5.92 Å². The molecule has 1 aromatic rings. The molecule has 0 aliphatic heterocycles. The van der Waals surface area contributed by atoms with Crippen LogP contribution < -0.4 is 10.5 Å². The maximum absolute atomic E-state index is 12.4. The van der Waals surface area contributed by atoms with Crippen LogP contribution >= 0.6 is 27.5 Å². The summed E-state index contributed by atoms with van der Waals surface area (Å²) in [4.78, 5) is 12.2. The van der Waals surface area contributed by atoms with Crippen LogP contribution in [-0.4, -0.2) is 19.9 Å². The molecule has 1 fully saturated rings. The fraction of sp³-hybridized carbons (Fsp3) is 0.462. The molecular formula is C13H16BrClN2O3S. The quantitative estimate of drug-likeness (QED) is 0.821. The van der Waals surface area contributed by atoms with Crippen molar-refractivity contribution in [3.8, 4) is 0 Å². The molecule has 1 aliphatic rings. The smallest absolute Gasteiger partial charge is 0.253 e. The average Bonchev–Trinajstić information content (AvgIpc) is 3.09. The molecular weight excluding hydrogens is 380 g/mol. The number of halogens is 2. The predicted octanol–water partition coefficient (Wildman–Crippen LogP) is 2.67. The van der Waals surface area contributed by atoms with Crippen molar-refractivity contribution in [2.24, 2.45) is 11.1 Å². The van der Waals surface area contributed by atoms with E-state index < -0.39 is 15.9 Å². The van der Waals surface area contributed by atoms with E-state index in [9.17, 15) is 13.2 Å². The van der Waals surface area contributed by atoms with Crippen LogP contribution in [0.15, 0.2) is 21.5 Å². The van der Waals surface area contributed by atoms with Crippen LogP contribution in [0.25, 0.3) is 0 Å². The van der Waals surface area contributed by atoms with Crippen molar-refractivity contribution in [2.45, 2.75) is 37.1 Å². The van der Waals surface area contributed by atoms with Gasteiger partial charge in [-0.05, 0) is 60.7 Å². The Hall–Kier alpha value is -0.630. The predicted molar refractivity (Wildman–Crippen MR) is 84.8 cm³/mol. The third-order valence-corrected chi connectivity index (χ3v) is 5.79. The highest BCUT2D eigenvalue weighted by molar-refractivity contribution is 9.10. The minimum Gasteiger partial charge on any atom is -0.347 e. The molecule has 0 spiro atoms. The first kappa shape index (κ1) is 16.7. The second kappa shape index (κ2) is 5.53. The Bertz CT molecular complexity index is 700. The van der Waals surface area contributed by atoms with E-state index >= 15 is 0 Å². The summed E-state index contributed by atoms with van der Waals surface area (Å²) in [5.74, 6) is 0.0303. The number of benzene rings is 1. The van der Waals surface area contributed by atoms with Gasteiger partial charge in [0.25, 0.3) is 5.91 Å². The molecule has 0 saturated heterocycles. The molecule has 1 amide bonds. The molecule has 0 heterocycles. The maximum Gasteiger partial charge on any atom is 0.253 e. The van der Waals surface area contributed by atoms with Gasteiger partial charge in [0.1, 0.15) is 0 Å². The molecule has 1 saturated carbocycles. The van der Waals surface area contributed by atoms with Crippen LogP contribution in [0.4, 0.5) is 0 Å². The summed E-state index contributed by atoms with van der Waals surface area (Å²) in [5, 5.41) is 8.19. The van der Waals surface area contributed by atoms with Crippen molar-refractivity contribution < 1.29 is 13.2 Å². The second-order valence-electron chi connectivity index (χ2n) is 5.76. The number of nitrogens with two attached hydrogens (primary N) is 1. The number of hydrogen-bond donors (Lipinski definition) is 2. The Labute approximate surface area is 137 Å². The Kier molecular flexibility index (Phi) is 4.41. The number of carbonyl (C=O) groups is 1. The summed E-state index contributed by atoms with van der Waals surface area (Å²) in [6, 6.07) is 2.56. The zero-order chi connectivity index (χ0) is 16.0. The van der Waals surface area contributed by atoms with Crippen LogP contribution in [0.2, 0.25) is 5.02 Å². The zero-order valence-corrected chi connectivity index (χ0v) is 14.8. The molecule has 0 aromatic heterocycles. The van der Waals surface area contributed by atoms with Crippen LogP contribution in [0.5, 0.6) is 0 Å². The monoisotopic (exact) mass is 394 g/mol. The van der Waals surface area contributed by atoms with Crippen molar-refractivity contribution in [3.63, 3.8) is 0 Å². The number of hydrogen-bond acceptors (Lipinski definition) is 3. The topological polar surface area (TPSA) is 89.3 Å². The molecule has 0 bridgehead atoms. The lowest BCUT2D eigenvalue weighted by atomic mass is 9.98. The average molecular weight is 396 g/mol. The highest BCUT2D eigenvalue weighted by atomic mass is 79.9. The molecule has 8 heteroatoms. The Morgan fingerprint density at radius 1 is 1.43 bits per heavy atom. The molecule has 0 radical (unpaired) electrons. The lowest BCUT2D eigenvalue weighted by Crippen LogP contribution is -2.45. The third-order valence-electron chi connectivity index (χ3n) is 3.61. The van der Waals surface area contributed by atoms with E-state index in [1.54, 1.807) is 0 Å². The van der Waals surface area contributed by atoms with Crippen LogP contribution in [-0.2, 0) is 10.0 Å². The lowest BCUT2D eigenvalue weighted by molar-refractivity contribution is 0.0903. The van der Waals surface area contributed by atoms with Crippen molar-refractivity contribution in [1.82, 2.24) is 5.32 Å². The Morgan fingerprint density at radius 3 is 2.48 bits per heavy atom. The van der Waals surface area contributed by atoms with Crippen molar-refractivity contribution >= 4 is 43.5 Å². The summed E-state index contributed by atoms with van der Waals surface area (Å²) in [7, 11) is -3.94. The van der Waals surface area contributed by atoms with Gasteiger partial charge in [0.2, 0.25) is 10.0 Å². The van der Waals surface area contributed by atoms with Crippen LogP contribution in [0.3, 0.4) is 0 Å². The van der Waals surface area contributed by atoms with Gasteiger partial charge in [-0.15, -0.1) is 0 Å². The number of primary sulfonamides is 1. The SMILES string of the molecule is CC(C)(NC(=O)c1cc(S(N)(=O)=O)c(Br)cc1Cl)C1CC1. The molecule has 5 nitrogen and oxygen atoms in total. The minimum absolute atomic E-state index is 0.0950. The summed E-state index contributed by atoms with van der Waals surface area (Å²) in [6.45, 7) is 3.88. The van der Waals surface area contributed by atoms with Gasteiger partial charge in [0, 0.05) is 10.0 Å². The van der Waals surface area contributed by atoms with E-state index in [2.05, 4.69) is 21.2 Å². The van der Waals surface area contributed by atoms with Gasteiger partial charge in [-0.25, -0.2) is 13.6 Å². The molecule has 0 atom stereocenters. The summed E-state index contributed by atoms with van der Waals surface area (Å²) < 4.78 is 23.3. The molecule has 1 aromatic carbocycles. The Balaban J connectivity index is 2.37. The standard InChI is InChI=1S/C13H16BrClN2O3S/c1-13(2,7-3-4-7)17-12(18)8-5-11(21(16,19)20)9(14)6-10(8)15/h5-7H,3-4H2,1-2H3,(H,17,18)(H2,16,19,20). The van der Waals surface area contributed by atoms with E-state index in [-0.39, 0.29) is 25.5 Å². The van der Waals surface area contributed by atoms with Gasteiger partial charge in [-0.2, -0.15) is 0 Å². The van der Waals surface area contributed by atoms with Crippen molar-refractivity contribution in [1.29, 1.82) is 0 Å². The first-order valence-electron chi connectivity index (χ1n) is 6.37. The first-order chi connectivity index (χ1) is 9.52. The molecule has 0 unspecified atom stereocenters. The first-order valence-corrected chi connectivity index (χ1v) is 9.08. The van der Waals surface area contributed by atoms with Gasteiger partial charge >= 0.3 is 0 Å². The summed E-state index contributed by atoms with van der Waals surface area (Å²) in [5.41, 5.74) is -0.257. The Morgan fingerprint density at radius 2 is 2.00 bits per heavy atom. The van der Waals surface area contributed by atoms with Gasteiger partial charge in [0.15, 0.2) is 0 Å². The molecule has 3 N–H and O–H groups in total. The zero-order valence-electron chi connectivity index (χ0n) is 11.6. The molecule has 21 heavy (non-hydrogen) atoms. The van der Waals surface area contributed by atoms with E-state index in [4.69, 9.17) is 16.7 Å². The highest BCUT2D eigenvalue weighted by Gasteiger charge is 2.39. The number of rotatable bonds is 4. The van der Waals surface area contributed by atoms with E-state index in [0.717, 1.165) is 12.8 Å². The van der Waals surface area contributed by atoms with Gasteiger partial charge in [0.05, 0.1) is 15.5 Å². The van der Waals surface area contributed by atoms with E-state index in [1.165, 1.54) is 12.1 Å². The fourth-order valence-electron chi connectivity index (χ4n) is 2.19. The molecule has 116 valence electrons. The minimum atomic E-state index is -3.94. The van der Waals surface area contributed by atoms with E-state index in [1.807, 2.05) is 13.8 Å². The van der Waals surface area contributed by atoms with Gasteiger partial charge < -0.3 is 5.32 Å². The number of sulfonamides is 1. The summed E-state index contributed by atoms with van der Waals surface area (Å²) >= 11 is 9.13. The normalized spacial score (nSPS) is 15.9. The van der Waals surface area contributed by atoms with Crippen molar-refractivity contribution in [3.05, 3.63) is 27.2 Å². The highest BCUT2D eigenvalue weighted by Crippen LogP contribution is 2.39. The van der Waals surface area contributed by atoms with Crippen LogP contribution in [0, 0.1) is 5.92 Å². The van der Waals surface area contributed by atoms with Crippen LogP contribution in [0.1, 0.15) is 37.0 Å². The maximum atomic E-state index is 12.4. The number of nitrogens with one attached hydrogen (secondary N) is 1. The van der Waals surface area contributed by atoms with Gasteiger partial charge in [-0.1, -0.05) is 11.6 Å². The van der Waals surface area contributed by atoms with Crippen molar-refractivity contribution in [2.75, 3.05) is 0 Å². The third kappa shape index (κ3) is 3.77. The second-order valence-corrected chi connectivity index (χ2v) is 8.55. The van der Waals surface area contributed by atoms with Gasteiger partial charge in [-0.3, -0.25) is 4.79 Å². The lowest BCUT2D eigenvalue weighted by Gasteiger charge is -2.26.